The zero-order valence-electron chi connectivity index (χ0n) is 14.0. The summed E-state index contributed by atoms with van der Waals surface area (Å²) in [7, 11) is -3.39. The molecular formula is C16H21N5O3S. The molecule has 0 fully saturated rings. The van der Waals surface area contributed by atoms with Crippen LogP contribution in [0, 0.1) is 0 Å². The summed E-state index contributed by atoms with van der Waals surface area (Å²) >= 11 is 0. The van der Waals surface area contributed by atoms with Crippen LogP contribution in [-0.2, 0) is 27.9 Å². The normalized spacial score (nSPS) is 17.9. The molecule has 25 heavy (non-hydrogen) atoms. The molecule has 0 spiro atoms. The second kappa shape index (κ2) is 7.32. The lowest BCUT2D eigenvalue weighted by molar-refractivity contribution is -0.125. The van der Waals surface area contributed by atoms with Crippen LogP contribution in [0.3, 0.4) is 0 Å². The van der Waals surface area contributed by atoms with E-state index in [1.807, 2.05) is 13.0 Å². The molecule has 1 atom stereocenters. The molecule has 1 amide bonds. The Labute approximate surface area is 146 Å². The number of fused-ring (bicyclic) bond motifs is 1. The Morgan fingerprint density at radius 1 is 1.36 bits per heavy atom. The van der Waals surface area contributed by atoms with E-state index in [-0.39, 0.29) is 24.7 Å². The van der Waals surface area contributed by atoms with Gasteiger partial charge in [0, 0.05) is 31.7 Å². The lowest BCUT2D eigenvalue weighted by Crippen LogP contribution is -2.46. The number of carbonyl (C=O) groups is 1. The standard InChI is InChI=1S/C16H21N5O3S/c1-2-6-25(23,24)20-10-14-9-18-12-21(14)15(11-20)16(22)19-8-13-4-3-5-17-7-13/h3-5,7,9,12,15H,2,6,8,10-11H2,1H3,(H,19,22). The summed E-state index contributed by atoms with van der Waals surface area (Å²) in [6.45, 7) is 2.53. The second-order valence-corrected chi connectivity index (χ2v) is 8.08. The number of nitrogens with zero attached hydrogens (tertiary/aromatic N) is 4. The number of hydrogen-bond donors (Lipinski definition) is 1. The molecular weight excluding hydrogens is 342 g/mol. The van der Waals surface area contributed by atoms with E-state index in [0.29, 0.717) is 18.7 Å². The Kier molecular flexibility index (Phi) is 5.14. The number of sulfonamides is 1. The van der Waals surface area contributed by atoms with E-state index in [2.05, 4.69) is 15.3 Å². The fourth-order valence-electron chi connectivity index (χ4n) is 2.88. The highest BCUT2D eigenvalue weighted by Crippen LogP contribution is 2.24. The van der Waals surface area contributed by atoms with E-state index in [1.54, 1.807) is 35.6 Å². The third kappa shape index (κ3) is 3.88. The van der Waals surface area contributed by atoms with Gasteiger partial charge in [0.25, 0.3) is 0 Å². The minimum absolute atomic E-state index is 0.0746. The summed E-state index contributed by atoms with van der Waals surface area (Å²) < 4.78 is 28.0. The van der Waals surface area contributed by atoms with Crippen molar-refractivity contribution >= 4 is 15.9 Å². The van der Waals surface area contributed by atoms with E-state index in [0.717, 1.165) is 5.56 Å². The monoisotopic (exact) mass is 363 g/mol. The molecule has 9 heteroatoms. The lowest BCUT2D eigenvalue weighted by atomic mass is 10.2. The van der Waals surface area contributed by atoms with E-state index < -0.39 is 16.1 Å². The first-order chi connectivity index (χ1) is 12.0. The molecule has 8 nitrogen and oxygen atoms in total. The number of imidazole rings is 1. The minimum atomic E-state index is -3.39. The maximum absolute atomic E-state index is 12.7. The minimum Gasteiger partial charge on any atom is -0.350 e. The first-order valence-corrected chi connectivity index (χ1v) is 9.77. The van der Waals surface area contributed by atoms with Gasteiger partial charge in [0.15, 0.2) is 0 Å². The lowest BCUT2D eigenvalue weighted by Gasteiger charge is -2.32. The summed E-state index contributed by atoms with van der Waals surface area (Å²) in [5, 5.41) is 2.85. The molecule has 1 aliphatic heterocycles. The SMILES string of the molecule is CCCS(=O)(=O)N1Cc2cncn2C(C(=O)NCc2cccnc2)C1. The predicted octanol–water partition coefficient (Wildman–Crippen LogP) is 0.691. The highest BCUT2D eigenvalue weighted by atomic mass is 32.2. The third-order valence-electron chi connectivity index (χ3n) is 4.14. The van der Waals surface area contributed by atoms with Gasteiger partial charge >= 0.3 is 0 Å². The van der Waals surface area contributed by atoms with Crippen molar-refractivity contribution < 1.29 is 13.2 Å². The summed E-state index contributed by atoms with van der Waals surface area (Å²) in [4.78, 5) is 20.7. The van der Waals surface area contributed by atoms with Crippen LogP contribution >= 0.6 is 0 Å². The molecule has 134 valence electrons. The van der Waals surface area contributed by atoms with Crippen molar-refractivity contribution in [2.45, 2.75) is 32.5 Å². The van der Waals surface area contributed by atoms with Gasteiger partial charge in [-0.05, 0) is 18.1 Å². The Hall–Kier alpha value is -2.26. The topological polar surface area (TPSA) is 97.2 Å². The van der Waals surface area contributed by atoms with E-state index in [1.165, 1.54) is 4.31 Å². The molecule has 0 bridgehead atoms. The second-order valence-electron chi connectivity index (χ2n) is 6.00. The van der Waals surface area contributed by atoms with Gasteiger partial charge in [0.05, 0.1) is 24.3 Å². The van der Waals surface area contributed by atoms with Crippen molar-refractivity contribution in [3.63, 3.8) is 0 Å². The largest absolute Gasteiger partial charge is 0.350 e. The number of amides is 1. The summed E-state index contributed by atoms with van der Waals surface area (Å²) in [6.07, 6.45) is 7.07. The highest BCUT2D eigenvalue weighted by Gasteiger charge is 2.35. The molecule has 0 aromatic carbocycles. The van der Waals surface area contributed by atoms with Crippen LogP contribution in [0.4, 0.5) is 0 Å². The zero-order valence-corrected chi connectivity index (χ0v) is 14.8. The maximum Gasteiger partial charge on any atom is 0.244 e. The molecule has 0 radical (unpaired) electrons. The molecule has 2 aromatic heterocycles. The van der Waals surface area contributed by atoms with Crippen molar-refractivity contribution in [3.05, 3.63) is 48.3 Å². The number of nitrogens with one attached hydrogen (secondary N) is 1. The molecule has 1 aliphatic rings. The number of rotatable bonds is 6. The molecule has 0 saturated heterocycles. The third-order valence-corrected chi connectivity index (χ3v) is 6.13. The molecule has 3 heterocycles. The van der Waals surface area contributed by atoms with Gasteiger partial charge < -0.3 is 9.88 Å². The van der Waals surface area contributed by atoms with E-state index >= 15 is 0 Å². The number of aromatic nitrogens is 3. The molecule has 3 rings (SSSR count). The smallest absolute Gasteiger partial charge is 0.244 e. The van der Waals surface area contributed by atoms with Crippen LogP contribution in [0.1, 0.15) is 30.6 Å². The van der Waals surface area contributed by atoms with Crippen molar-refractivity contribution in [1.29, 1.82) is 0 Å². The van der Waals surface area contributed by atoms with Gasteiger partial charge in [-0.1, -0.05) is 13.0 Å². The van der Waals surface area contributed by atoms with Gasteiger partial charge in [0.2, 0.25) is 15.9 Å². The summed E-state index contributed by atoms with van der Waals surface area (Å²) in [5.41, 5.74) is 1.60. The average Bonchev–Trinajstić information content (AvgIpc) is 3.08. The van der Waals surface area contributed by atoms with E-state index in [4.69, 9.17) is 0 Å². The molecule has 1 N–H and O–H groups in total. The van der Waals surface area contributed by atoms with E-state index in [9.17, 15) is 13.2 Å². The van der Waals surface area contributed by atoms with Crippen LogP contribution in [0.25, 0.3) is 0 Å². The zero-order chi connectivity index (χ0) is 17.9. The fourth-order valence-corrected chi connectivity index (χ4v) is 4.35. The van der Waals surface area contributed by atoms with Gasteiger partial charge in [-0.15, -0.1) is 0 Å². The summed E-state index contributed by atoms with van der Waals surface area (Å²) in [6, 6.07) is 3.04. The molecule has 0 saturated carbocycles. The molecule has 1 unspecified atom stereocenters. The Balaban J connectivity index is 1.76. The van der Waals surface area contributed by atoms with Crippen LogP contribution in [0.2, 0.25) is 0 Å². The first kappa shape index (κ1) is 17.6. The molecule has 2 aromatic rings. The van der Waals surface area contributed by atoms with Crippen LogP contribution in [0.5, 0.6) is 0 Å². The predicted molar refractivity (Wildman–Crippen MR) is 91.8 cm³/mol. The Morgan fingerprint density at radius 2 is 2.20 bits per heavy atom. The number of pyridine rings is 1. The van der Waals surface area contributed by atoms with Gasteiger partial charge in [-0.25, -0.2) is 13.4 Å². The van der Waals surface area contributed by atoms with Crippen LogP contribution in [0.15, 0.2) is 37.1 Å². The van der Waals surface area contributed by atoms with Crippen molar-refractivity contribution in [2.24, 2.45) is 0 Å². The highest BCUT2D eigenvalue weighted by molar-refractivity contribution is 7.89. The van der Waals surface area contributed by atoms with Gasteiger partial charge in [0.1, 0.15) is 6.04 Å². The fraction of sp³-hybridized carbons (Fsp3) is 0.438. The maximum atomic E-state index is 12.7. The summed E-state index contributed by atoms with van der Waals surface area (Å²) in [5.74, 6) is -0.162. The number of carbonyl (C=O) groups excluding carboxylic acids is 1. The Bertz CT molecular complexity index is 834. The van der Waals surface area contributed by atoms with Crippen molar-refractivity contribution in [2.75, 3.05) is 12.3 Å². The molecule has 0 aliphatic carbocycles. The average molecular weight is 363 g/mol. The van der Waals surface area contributed by atoms with Crippen LogP contribution in [-0.4, -0.2) is 45.5 Å². The quantitative estimate of drug-likeness (QED) is 0.814. The van der Waals surface area contributed by atoms with Crippen LogP contribution < -0.4 is 5.32 Å². The van der Waals surface area contributed by atoms with Gasteiger partial charge in [-0.3, -0.25) is 9.78 Å². The Morgan fingerprint density at radius 3 is 2.92 bits per heavy atom. The van der Waals surface area contributed by atoms with Crippen molar-refractivity contribution in [1.82, 2.24) is 24.2 Å². The van der Waals surface area contributed by atoms with Crippen molar-refractivity contribution in [3.8, 4) is 0 Å². The van der Waals surface area contributed by atoms with Gasteiger partial charge in [-0.2, -0.15) is 4.31 Å². The number of hydrogen-bond acceptors (Lipinski definition) is 5. The first-order valence-electron chi connectivity index (χ1n) is 8.16.